The summed E-state index contributed by atoms with van der Waals surface area (Å²) >= 11 is 0. The molecule has 0 amide bonds. The Morgan fingerprint density at radius 1 is 1.28 bits per heavy atom. The number of carbonyl (C=O) groups is 1. The highest BCUT2D eigenvalue weighted by molar-refractivity contribution is 5.95. The van der Waals surface area contributed by atoms with Crippen LogP contribution in [0.5, 0.6) is 0 Å². The lowest BCUT2D eigenvalue weighted by molar-refractivity contribution is -0.126. The number of hydrogen-bond acceptors (Lipinski definition) is 2. The molecule has 2 atom stereocenters. The summed E-state index contributed by atoms with van der Waals surface area (Å²) in [4.78, 5) is 12.6. The number of rotatable bonds is 0. The monoisotopic (exact) mass is 239 g/mol. The van der Waals surface area contributed by atoms with Crippen molar-refractivity contribution in [3.63, 3.8) is 0 Å². The Morgan fingerprint density at radius 3 is 2.89 bits per heavy atom. The predicted molar refractivity (Wildman–Crippen MR) is 71.3 cm³/mol. The normalized spacial score (nSPS) is 32.8. The largest absolute Gasteiger partial charge is 0.398 e. The number of fused-ring (bicyclic) bond motifs is 5. The van der Waals surface area contributed by atoms with E-state index in [1.54, 1.807) is 0 Å². The molecule has 2 bridgehead atoms. The zero-order chi connectivity index (χ0) is 12.3. The second-order valence-corrected chi connectivity index (χ2v) is 5.94. The Bertz CT molecular complexity index is 587. The molecular formula is C16H17NO. The summed E-state index contributed by atoms with van der Waals surface area (Å²) in [6, 6.07) is 6.12. The maximum atomic E-state index is 12.6. The smallest absolute Gasteiger partial charge is 0.144 e. The Labute approximate surface area is 107 Å². The summed E-state index contributed by atoms with van der Waals surface area (Å²) in [5, 5.41) is 0. The van der Waals surface area contributed by atoms with Gasteiger partial charge in [-0.3, -0.25) is 4.79 Å². The van der Waals surface area contributed by atoms with E-state index in [2.05, 4.69) is 12.1 Å². The zero-order valence-corrected chi connectivity index (χ0v) is 10.4. The van der Waals surface area contributed by atoms with Crippen LogP contribution in [0.1, 0.15) is 36.8 Å². The molecule has 3 aliphatic carbocycles. The number of ketones is 1. The number of nitrogen functional groups attached to an aromatic ring is 1. The van der Waals surface area contributed by atoms with Crippen molar-refractivity contribution in [2.24, 2.45) is 5.92 Å². The van der Waals surface area contributed by atoms with Gasteiger partial charge in [-0.2, -0.15) is 0 Å². The molecule has 18 heavy (non-hydrogen) atoms. The van der Waals surface area contributed by atoms with Crippen molar-refractivity contribution in [1.82, 2.24) is 0 Å². The first-order valence-electron chi connectivity index (χ1n) is 6.81. The number of carbonyl (C=O) groups excluding carboxylic acids is 1. The first kappa shape index (κ1) is 10.4. The molecule has 1 spiro atoms. The van der Waals surface area contributed by atoms with Crippen LogP contribution in [0.15, 0.2) is 29.8 Å². The SMILES string of the molecule is Nc1cccc2c1CCC(=O)C21CC2=CCC1C2. The average molecular weight is 239 g/mol. The second-order valence-electron chi connectivity index (χ2n) is 5.94. The van der Waals surface area contributed by atoms with Crippen LogP contribution in [0.2, 0.25) is 0 Å². The topological polar surface area (TPSA) is 43.1 Å². The number of anilines is 1. The van der Waals surface area contributed by atoms with Crippen molar-refractivity contribution in [2.45, 2.75) is 37.5 Å². The lowest BCUT2D eigenvalue weighted by Gasteiger charge is -2.40. The van der Waals surface area contributed by atoms with Crippen LogP contribution in [0.3, 0.4) is 0 Å². The van der Waals surface area contributed by atoms with Gasteiger partial charge in [-0.1, -0.05) is 23.8 Å². The van der Waals surface area contributed by atoms with Crippen molar-refractivity contribution < 1.29 is 4.79 Å². The van der Waals surface area contributed by atoms with Gasteiger partial charge in [0, 0.05) is 12.1 Å². The van der Waals surface area contributed by atoms with Gasteiger partial charge in [0.05, 0.1) is 5.41 Å². The Balaban J connectivity index is 1.97. The second kappa shape index (κ2) is 3.25. The third-order valence-corrected chi connectivity index (χ3v) is 5.19. The first-order valence-corrected chi connectivity index (χ1v) is 6.81. The first-order chi connectivity index (χ1) is 8.72. The van der Waals surface area contributed by atoms with Gasteiger partial charge in [0.2, 0.25) is 0 Å². The summed E-state index contributed by atoms with van der Waals surface area (Å²) in [5.41, 5.74) is 10.7. The van der Waals surface area contributed by atoms with Crippen molar-refractivity contribution >= 4 is 11.5 Å². The molecule has 1 aromatic carbocycles. The van der Waals surface area contributed by atoms with E-state index < -0.39 is 0 Å². The van der Waals surface area contributed by atoms with E-state index in [1.807, 2.05) is 12.1 Å². The summed E-state index contributed by atoms with van der Waals surface area (Å²) < 4.78 is 0. The minimum absolute atomic E-state index is 0.215. The minimum atomic E-state index is -0.215. The van der Waals surface area contributed by atoms with E-state index in [0.29, 0.717) is 18.1 Å². The van der Waals surface area contributed by atoms with Gasteiger partial charge >= 0.3 is 0 Å². The van der Waals surface area contributed by atoms with E-state index in [9.17, 15) is 4.79 Å². The third-order valence-electron chi connectivity index (χ3n) is 5.19. The van der Waals surface area contributed by atoms with E-state index >= 15 is 0 Å². The Hall–Kier alpha value is -1.57. The van der Waals surface area contributed by atoms with Gasteiger partial charge in [0.25, 0.3) is 0 Å². The summed E-state index contributed by atoms with van der Waals surface area (Å²) in [5.74, 6) is 0.953. The van der Waals surface area contributed by atoms with Gasteiger partial charge in [0.15, 0.2) is 0 Å². The van der Waals surface area contributed by atoms with E-state index in [-0.39, 0.29) is 5.41 Å². The standard InChI is InChI=1S/C16H17NO/c17-14-3-1-2-13-12(14)6-7-15(18)16(13)9-10-4-5-11(16)8-10/h1-4,11H,5-9,17H2. The van der Waals surface area contributed by atoms with Crippen LogP contribution in [0.4, 0.5) is 5.69 Å². The van der Waals surface area contributed by atoms with E-state index in [4.69, 9.17) is 5.73 Å². The molecule has 2 nitrogen and oxygen atoms in total. The molecule has 0 saturated heterocycles. The van der Waals surface area contributed by atoms with E-state index in [0.717, 1.165) is 31.4 Å². The Kier molecular flexibility index (Phi) is 1.87. The van der Waals surface area contributed by atoms with E-state index in [1.165, 1.54) is 16.7 Å². The van der Waals surface area contributed by atoms with Gasteiger partial charge in [-0.15, -0.1) is 0 Å². The van der Waals surface area contributed by atoms with Crippen molar-refractivity contribution in [3.05, 3.63) is 41.0 Å². The molecule has 92 valence electrons. The molecule has 2 N–H and O–H groups in total. The lowest BCUT2D eigenvalue weighted by atomic mass is 9.61. The number of allylic oxidation sites excluding steroid dienone is 2. The fourth-order valence-electron chi connectivity index (χ4n) is 4.37. The highest BCUT2D eigenvalue weighted by atomic mass is 16.1. The fraction of sp³-hybridized carbons (Fsp3) is 0.438. The maximum Gasteiger partial charge on any atom is 0.144 e. The molecule has 0 aromatic heterocycles. The summed E-state index contributed by atoms with van der Waals surface area (Å²) in [6.07, 6.45) is 6.99. The van der Waals surface area contributed by atoms with Crippen LogP contribution in [0, 0.1) is 5.92 Å². The van der Waals surface area contributed by atoms with Crippen molar-refractivity contribution in [2.75, 3.05) is 5.73 Å². The van der Waals surface area contributed by atoms with Crippen LogP contribution in [0.25, 0.3) is 0 Å². The fourth-order valence-corrected chi connectivity index (χ4v) is 4.37. The number of nitrogens with two attached hydrogens (primary N) is 1. The lowest BCUT2D eigenvalue weighted by Crippen LogP contribution is -2.43. The molecule has 0 heterocycles. The Morgan fingerprint density at radius 2 is 2.17 bits per heavy atom. The summed E-state index contributed by atoms with van der Waals surface area (Å²) in [6.45, 7) is 0. The minimum Gasteiger partial charge on any atom is -0.398 e. The van der Waals surface area contributed by atoms with Crippen molar-refractivity contribution in [3.8, 4) is 0 Å². The number of benzene rings is 1. The molecule has 0 radical (unpaired) electrons. The number of hydrogen-bond donors (Lipinski definition) is 1. The zero-order valence-electron chi connectivity index (χ0n) is 10.4. The van der Waals surface area contributed by atoms with Gasteiger partial charge < -0.3 is 5.73 Å². The van der Waals surface area contributed by atoms with Crippen LogP contribution in [-0.4, -0.2) is 5.78 Å². The van der Waals surface area contributed by atoms with Gasteiger partial charge in [-0.05, 0) is 48.8 Å². The average Bonchev–Trinajstić information content (AvgIpc) is 2.96. The predicted octanol–water partition coefficient (Wildman–Crippen LogP) is 2.76. The molecule has 1 fully saturated rings. The highest BCUT2D eigenvalue weighted by Crippen LogP contribution is 2.57. The molecule has 0 aliphatic heterocycles. The van der Waals surface area contributed by atoms with Crippen LogP contribution >= 0.6 is 0 Å². The van der Waals surface area contributed by atoms with Gasteiger partial charge in [0.1, 0.15) is 5.78 Å². The molecule has 1 aromatic rings. The molecule has 3 aliphatic rings. The van der Waals surface area contributed by atoms with Crippen molar-refractivity contribution in [1.29, 1.82) is 0 Å². The number of Topliss-reactive ketones (excluding diaryl/α,β-unsaturated/α-hetero) is 1. The summed E-state index contributed by atoms with van der Waals surface area (Å²) in [7, 11) is 0. The molecule has 4 rings (SSSR count). The quantitative estimate of drug-likeness (QED) is 0.559. The third kappa shape index (κ3) is 1.07. The molecule has 2 heteroatoms. The highest BCUT2D eigenvalue weighted by Gasteiger charge is 2.55. The van der Waals surface area contributed by atoms with Crippen LogP contribution < -0.4 is 5.73 Å². The molecule has 2 unspecified atom stereocenters. The molecular weight excluding hydrogens is 222 g/mol. The maximum absolute atomic E-state index is 12.6. The van der Waals surface area contributed by atoms with Gasteiger partial charge in [-0.25, -0.2) is 0 Å². The van der Waals surface area contributed by atoms with Crippen LogP contribution in [-0.2, 0) is 16.6 Å². The molecule has 1 saturated carbocycles.